The SMILES string of the molecule is NNC(=O)C12B[C@](C(=O)NN)(CCCCC1)CC2. The normalized spacial score (nSPS) is 35.0. The Labute approximate surface area is 107 Å². The van der Waals surface area contributed by atoms with Crippen LogP contribution in [-0.4, -0.2) is 19.1 Å². The Morgan fingerprint density at radius 3 is 1.67 bits per heavy atom. The highest BCUT2D eigenvalue weighted by Gasteiger charge is 2.56. The van der Waals surface area contributed by atoms with Gasteiger partial charge < -0.3 is 0 Å². The Morgan fingerprint density at radius 1 is 0.833 bits per heavy atom. The van der Waals surface area contributed by atoms with Crippen molar-refractivity contribution >= 4 is 19.1 Å². The van der Waals surface area contributed by atoms with Crippen molar-refractivity contribution in [3.8, 4) is 0 Å². The fraction of sp³-hybridized carbons (Fsp3) is 0.818. The van der Waals surface area contributed by atoms with Crippen LogP contribution in [-0.2, 0) is 9.59 Å². The molecule has 2 rings (SSSR count). The number of carbonyl (C=O) groups excluding carboxylic acids is 2. The summed E-state index contributed by atoms with van der Waals surface area (Å²) in [5.41, 5.74) is 4.55. The largest absolute Gasteiger partial charge is 0.294 e. The zero-order valence-corrected chi connectivity index (χ0v) is 10.6. The van der Waals surface area contributed by atoms with E-state index in [1.807, 2.05) is 0 Å². The minimum Gasteiger partial charge on any atom is -0.294 e. The molecule has 6 nitrogen and oxygen atoms in total. The Kier molecular flexibility index (Phi) is 3.63. The molecule has 2 saturated heterocycles. The van der Waals surface area contributed by atoms with Crippen LogP contribution in [0.4, 0.5) is 0 Å². The van der Waals surface area contributed by atoms with Gasteiger partial charge in [-0.1, -0.05) is 19.3 Å². The first-order chi connectivity index (χ1) is 8.58. The average molecular weight is 252 g/mol. The number of nitrogens with one attached hydrogen (secondary N) is 2. The first kappa shape index (κ1) is 13.4. The molecule has 0 aromatic carbocycles. The minimum absolute atomic E-state index is 0.129. The quantitative estimate of drug-likeness (QED) is 0.229. The van der Waals surface area contributed by atoms with Gasteiger partial charge in [0.25, 0.3) is 0 Å². The third kappa shape index (κ3) is 2.01. The fourth-order valence-electron chi connectivity index (χ4n) is 3.75. The molecule has 1 unspecified atom stereocenters. The maximum atomic E-state index is 12.1. The summed E-state index contributed by atoms with van der Waals surface area (Å²) in [5, 5.41) is -0.941. The lowest BCUT2D eigenvalue weighted by Crippen LogP contribution is -2.47. The molecule has 2 bridgehead atoms. The summed E-state index contributed by atoms with van der Waals surface area (Å²) in [6.45, 7) is 0. The van der Waals surface area contributed by atoms with Crippen LogP contribution in [0.3, 0.4) is 0 Å². The molecular formula is C11H21BN4O2. The number of nitrogens with two attached hydrogens (primary N) is 2. The van der Waals surface area contributed by atoms with Gasteiger partial charge in [0.1, 0.15) is 0 Å². The first-order valence-electron chi connectivity index (χ1n) is 6.61. The van der Waals surface area contributed by atoms with Crippen LogP contribution in [0.15, 0.2) is 0 Å². The number of carbonyl (C=O) groups is 2. The maximum Gasteiger partial charge on any atom is 0.232 e. The van der Waals surface area contributed by atoms with E-state index in [2.05, 4.69) is 10.9 Å². The summed E-state index contributed by atoms with van der Waals surface area (Å²) in [5.74, 6) is 10.3. The number of amides is 2. The molecule has 2 aliphatic heterocycles. The second-order valence-corrected chi connectivity index (χ2v) is 5.75. The molecule has 2 fully saturated rings. The number of rotatable bonds is 2. The van der Waals surface area contributed by atoms with Crippen molar-refractivity contribution in [2.45, 2.75) is 55.6 Å². The molecule has 100 valence electrons. The highest BCUT2D eigenvalue weighted by atomic mass is 16.2. The van der Waals surface area contributed by atoms with Crippen LogP contribution < -0.4 is 22.5 Å². The summed E-state index contributed by atoms with van der Waals surface area (Å²) in [7, 11) is 0.575. The van der Waals surface area contributed by atoms with Crippen molar-refractivity contribution in [3.05, 3.63) is 0 Å². The topological polar surface area (TPSA) is 110 Å². The van der Waals surface area contributed by atoms with Gasteiger partial charge in [0.15, 0.2) is 7.28 Å². The number of hydrogen-bond acceptors (Lipinski definition) is 4. The lowest BCUT2D eigenvalue weighted by Gasteiger charge is -2.32. The smallest absolute Gasteiger partial charge is 0.232 e. The molecule has 6 N–H and O–H groups in total. The summed E-state index contributed by atoms with van der Waals surface area (Å²) in [4.78, 5) is 24.1. The van der Waals surface area contributed by atoms with E-state index in [9.17, 15) is 9.59 Å². The summed E-state index contributed by atoms with van der Waals surface area (Å²) < 4.78 is 0. The van der Waals surface area contributed by atoms with Crippen LogP contribution in [0.2, 0.25) is 10.6 Å². The molecule has 0 saturated carbocycles. The lowest BCUT2D eigenvalue weighted by atomic mass is 9.40. The van der Waals surface area contributed by atoms with Crippen LogP contribution in [0.1, 0.15) is 44.9 Å². The molecule has 0 aromatic heterocycles. The first-order valence-corrected chi connectivity index (χ1v) is 6.61. The molecular weight excluding hydrogens is 231 g/mol. The molecule has 2 atom stereocenters. The predicted octanol–water partition coefficient (Wildman–Crippen LogP) is -0.522. The van der Waals surface area contributed by atoms with Crippen molar-refractivity contribution in [2.75, 3.05) is 0 Å². The second-order valence-electron chi connectivity index (χ2n) is 5.75. The van der Waals surface area contributed by atoms with E-state index in [0.717, 1.165) is 44.9 Å². The van der Waals surface area contributed by atoms with Gasteiger partial charge >= 0.3 is 0 Å². The molecule has 2 aliphatic rings. The molecule has 7 heteroatoms. The number of hydrogen-bond donors (Lipinski definition) is 4. The van der Waals surface area contributed by atoms with Gasteiger partial charge in [0.05, 0.1) is 0 Å². The Balaban J connectivity index is 2.29. The van der Waals surface area contributed by atoms with E-state index in [0.29, 0.717) is 7.28 Å². The molecule has 2 amide bonds. The molecule has 0 spiro atoms. The molecule has 18 heavy (non-hydrogen) atoms. The Hall–Kier alpha value is -1.08. The van der Waals surface area contributed by atoms with Gasteiger partial charge in [0, 0.05) is 10.6 Å². The van der Waals surface area contributed by atoms with E-state index in [-0.39, 0.29) is 11.8 Å². The van der Waals surface area contributed by atoms with Crippen LogP contribution in [0, 0.1) is 0 Å². The predicted molar refractivity (Wildman–Crippen MR) is 69.5 cm³/mol. The van der Waals surface area contributed by atoms with Crippen LogP contribution in [0.25, 0.3) is 0 Å². The van der Waals surface area contributed by atoms with Crippen LogP contribution >= 0.6 is 0 Å². The Bertz CT molecular complexity index is 333. The maximum absolute atomic E-state index is 12.1. The molecule has 0 radical (unpaired) electrons. The zero-order valence-electron chi connectivity index (χ0n) is 10.6. The summed E-state index contributed by atoms with van der Waals surface area (Å²) in [6, 6.07) is 0. The fourth-order valence-corrected chi connectivity index (χ4v) is 3.75. The molecule has 2 heterocycles. The van der Waals surface area contributed by atoms with E-state index < -0.39 is 10.6 Å². The molecule has 0 aromatic rings. The van der Waals surface area contributed by atoms with E-state index in [1.54, 1.807) is 0 Å². The third-order valence-corrected chi connectivity index (χ3v) is 4.80. The van der Waals surface area contributed by atoms with Crippen molar-refractivity contribution in [3.63, 3.8) is 0 Å². The van der Waals surface area contributed by atoms with E-state index >= 15 is 0 Å². The third-order valence-electron chi connectivity index (χ3n) is 4.80. The standard InChI is InChI=1S/C11H21BN4O2/c13-15-8(17)10-4-2-1-3-5-11(12-10,7-6-10)9(18)16-14/h12H,1-7,13-14H2,(H,15,17)(H,16,18)/t10-,11?/m1/s1. The van der Waals surface area contributed by atoms with Crippen molar-refractivity contribution in [1.29, 1.82) is 0 Å². The highest BCUT2D eigenvalue weighted by Crippen LogP contribution is 2.58. The number of hydrazine groups is 2. The van der Waals surface area contributed by atoms with Crippen molar-refractivity contribution in [1.82, 2.24) is 10.9 Å². The second kappa shape index (κ2) is 4.89. The van der Waals surface area contributed by atoms with E-state index in [4.69, 9.17) is 11.7 Å². The number of fused-ring (bicyclic) bond motifs is 2. The van der Waals surface area contributed by atoms with E-state index in [1.165, 1.54) is 0 Å². The van der Waals surface area contributed by atoms with Gasteiger partial charge in [-0.05, 0) is 25.7 Å². The van der Waals surface area contributed by atoms with Gasteiger partial charge in [-0.15, -0.1) is 0 Å². The minimum atomic E-state index is -0.471. The highest BCUT2D eigenvalue weighted by molar-refractivity contribution is 6.57. The summed E-state index contributed by atoms with van der Waals surface area (Å²) >= 11 is 0. The van der Waals surface area contributed by atoms with Gasteiger partial charge in [-0.3, -0.25) is 20.4 Å². The molecule has 0 aliphatic carbocycles. The monoisotopic (exact) mass is 252 g/mol. The van der Waals surface area contributed by atoms with Gasteiger partial charge in [0.2, 0.25) is 11.8 Å². The van der Waals surface area contributed by atoms with Crippen molar-refractivity contribution < 1.29 is 9.59 Å². The van der Waals surface area contributed by atoms with Crippen LogP contribution in [0.5, 0.6) is 0 Å². The Morgan fingerprint density at radius 2 is 1.28 bits per heavy atom. The average Bonchev–Trinajstić information content (AvgIpc) is 2.78. The zero-order chi connectivity index (χ0) is 13.2. The van der Waals surface area contributed by atoms with Gasteiger partial charge in [-0.2, -0.15) is 0 Å². The summed E-state index contributed by atoms with van der Waals surface area (Å²) in [6.07, 6.45) is 6.18. The van der Waals surface area contributed by atoms with Crippen molar-refractivity contribution in [2.24, 2.45) is 11.7 Å². The lowest BCUT2D eigenvalue weighted by molar-refractivity contribution is -0.125. The van der Waals surface area contributed by atoms with Gasteiger partial charge in [-0.25, -0.2) is 11.7 Å².